The molecule has 0 saturated heterocycles. The summed E-state index contributed by atoms with van der Waals surface area (Å²) in [5.41, 5.74) is -0.0555. The molecular weight excluding hydrogens is 258 g/mol. The zero-order valence-corrected chi connectivity index (χ0v) is 8.85. The third-order valence-electron chi connectivity index (χ3n) is 1.63. The number of hydrogen-bond donors (Lipinski definition) is 0. The van der Waals surface area contributed by atoms with Gasteiger partial charge in [0.05, 0.1) is 11.6 Å². The number of carbonyl (C=O) groups is 1. The van der Waals surface area contributed by atoms with Gasteiger partial charge in [0.15, 0.2) is 0 Å². The zero-order chi connectivity index (χ0) is 10.7. The van der Waals surface area contributed by atoms with Crippen LogP contribution in [0.15, 0.2) is 22.7 Å². The Kier molecular flexibility index (Phi) is 3.57. The molecule has 5 heteroatoms. The Balaban J connectivity index is 3.06. The Morgan fingerprint density at radius 1 is 1.50 bits per heavy atom. The molecular formula is C9H7BrF2O2. The first-order chi connectivity index (χ1) is 6.56. The highest BCUT2D eigenvalue weighted by Gasteiger charge is 2.18. The average Bonchev–Trinajstić information content (AvgIpc) is 2.17. The molecule has 0 unspecified atom stereocenters. The van der Waals surface area contributed by atoms with Gasteiger partial charge in [-0.1, -0.05) is 0 Å². The van der Waals surface area contributed by atoms with Crippen molar-refractivity contribution in [1.29, 1.82) is 0 Å². The van der Waals surface area contributed by atoms with Crippen LogP contribution >= 0.6 is 15.9 Å². The van der Waals surface area contributed by atoms with Crippen molar-refractivity contribution in [1.82, 2.24) is 0 Å². The van der Waals surface area contributed by atoms with Gasteiger partial charge in [0.25, 0.3) is 0 Å². The number of halogens is 3. The highest BCUT2D eigenvalue weighted by Crippen LogP contribution is 2.26. The van der Waals surface area contributed by atoms with Gasteiger partial charge in [-0.15, -0.1) is 0 Å². The Hall–Kier alpha value is -0.970. The van der Waals surface area contributed by atoms with Crippen LogP contribution in [0.3, 0.4) is 0 Å². The smallest absolute Gasteiger partial charge is 0.300 e. The maximum atomic E-state index is 12.0. The minimum Gasteiger partial charge on any atom is -0.496 e. The van der Waals surface area contributed by atoms with Crippen molar-refractivity contribution in [2.75, 3.05) is 7.11 Å². The van der Waals surface area contributed by atoms with E-state index in [4.69, 9.17) is 4.74 Å². The second-order valence-electron chi connectivity index (χ2n) is 2.51. The minimum absolute atomic E-state index is 0.0555. The van der Waals surface area contributed by atoms with Crippen LogP contribution in [0.1, 0.15) is 10.4 Å². The van der Waals surface area contributed by atoms with Crippen molar-refractivity contribution < 1.29 is 18.3 Å². The molecule has 0 fully saturated rings. The number of hydrogen-bond acceptors (Lipinski definition) is 2. The van der Waals surface area contributed by atoms with E-state index in [1.54, 1.807) is 0 Å². The summed E-state index contributed by atoms with van der Waals surface area (Å²) in [6.45, 7) is 0. The van der Waals surface area contributed by atoms with Crippen molar-refractivity contribution >= 4 is 21.7 Å². The van der Waals surface area contributed by atoms with Crippen LogP contribution < -0.4 is 4.74 Å². The van der Waals surface area contributed by atoms with E-state index in [2.05, 4.69) is 15.9 Å². The maximum absolute atomic E-state index is 12.0. The highest BCUT2D eigenvalue weighted by atomic mass is 79.9. The molecule has 76 valence electrons. The van der Waals surface area contributed by atoms with Gasteiger partial charge in [-0.25, -0.2) is 8.78 Å². The molecule has 0 aliphatic heterocycles. The Morgan fingerprint density at radius 2 is 2.14 bits per heavy atom. The fourth-order valence-corrected chi connectivity index (χ4v) is 1.35. The van der Waals surface area contributed by atoms with Crippen LogP contribution in [0.5, 0.6) is 5.75 Å². The van der Waals surface area contributed by atoms with E-state index >= 15 is 0 Å². The fourth-order valence-electron chi connectivity index (χ4n) is 0.939. The standard InChI is InChI=1S/C9H7BrF2O2/c1-14-7-4-5(2-3-6(7)10)8(13)9(11)12/h2-4,9H,1H3. The number of ether oxygens (including phenoxy) is 1. The summed E-state index contributed by atoms with van der Waals surface area (Å²) in [6, 6.07) is 4.09. The van der Waals surface area contributed by atoms with E-state index in [0.717, 1.165) is 0 Å². The van der Waals surface area contributed by atoms with E-state index in [-0.39, 0.29) is 5.56 Å². The van der Waals surface area contributed by atoms with Crippen molar-refractivity contribution in [3.8, 4) is 5.75 Å². The Labute approximate surface area is 88.0 Å². The van der Waals surface area contributed by atoms with Gasteiger partial charge < -0.3 is 4.74 Å². The molecule has 14 heavy (non-hydrogen) atoms. The predicted octanol–water partition coefficient (Wildman–Crippen LogP) is 2.91. The van der Waals surface area contributed by atoms with Crippen LogP contribution in [-0.2, 0) is 0 Å². The Morgan fingerprint density at radius 3 is 2.64 bits per heavy atom. The molecule has 0 aliphatic rings. The largest absolute Gasteiger partial charge is 0.496 e. The summed E-state index contributed by atoms with van der Waals surface area (Å²) >= 11 is 3.15. The van der Waals surface area contributed by atoms with E-state index < -0.39 is 12.2 Å². The van der Waals surface area contributed by atoms with Gasteiger partial charge in [0.1, 0.15) is 5.75 Å². The topological polar surface area (TPSA) is 26.3 Å². The van der Waals surface area contributed by atoms with Gasteiger partial charge in [-0.3, -0.25) is 4.79 Å². The minimum atomic E-state index is -2.99. The number of Topliss-reactive ketones (excluding diaryl/α,β-unsaturated/α-hetero) is 1. The number of ketones is 1. The monoisotopic (exact) mass is 264 g/mol. The van der Waals surface area contributed by atoms with E-state index in [0.29, 0.717) is 10.2 Å². The van der Waals surface area contributed by atoms with Crippen molar-refractivity contribution in [3.05, 3.63) is 28.2 Å². The third kappa shape index (κ3) is 2.29. The molecule has 0 saturated carbocycles. The zero-order valence-electron chi connectivity index (χ0n) is 7.26. The van der Waals surface area contributed by atoms with E-state index in [1.807, 2.05) is 0 Å². The summed E-state index contributed by atoms with van der Waals surface area (Å²) in [6.07, 6.45) is -2.99. The first kappa shape index (κ1) is 11.1. The Bertz CT molecular complexity index is 353. The molecule has 0 bridgehead atoms. The SMILES string of the molecule is COc1cc(C(=O)C(F)F)ccc1Br. The second-order valence-corrected chi connectivity index (χ2v) is 3.37. The number of benzene rings is 1. The quantitative estimate of drug-likeness (QED) is 0.785. The van der Waals surface area contributed by atoms with Gasteiger partial charge >= 0.3 is 6.43 Å². The fraction of sp³-hybridized carbons (Fsp3) is 0.222. The normalized spacial score (nSPS) is 10.4. The van der Waals surface area contributed by atoms with Crippen LogP contribution in [0, 0.1) is 0 Å². The summed E-state index contributed by atoms with van der Waals surface area (Å²) in [5, 5.41) is 0. The lowest BCUT2D eigenvalue weighted by Gasteiger charge is -2.05. The van der Waals surface area contributed by atoms with E-state index in [1.165, 1.54) is 25.3 Å². The molecule has 0 amide bonds. The van der Waals surface area contributed by atoms with Crippen molar-refractivity contribution in [2.45, 2.75) is 6.43 Å². The summed E-state index contributed by atoms with van der Waals surface area (Å²) in [5.74, 6) is -0.840. The molecule has 2 nitrogen and oxygen atoms in total. The number of methoxy groups -OCH3 is 1. The van der Waals surface area contributed by atoms with Crippen molar-refractivity contribution in [3.63, 3.8) is 0 Å². The maximum Gasteiger partial charge on any atom is 0.300 e. The summed E-state index contributed by atoms with van der Waals surface area (Å²) in [7, 11) is 1.40. The van der Waals surface area contributed by atoms with Crippen LogP contribution in [0.4, 0.5) is 8.78 Å². The van der Waals surface area contributed by atoms with Gasteiger partial charge in [-0.2, -0.15) is 0 Å². The van der Waals surface area contributed by atoms with Gasteiger partial charge in [0.2, 0.25) is 5.78 Å². The first-order valence-electron chi connectivity index (χ1n) is 3.72. The molecule has 1 rings (SSSR count). The molecule has 0 aromatic heterocycles. The first-order valence-corrected chi connectivity index (χ1v) is 4.51. The molecule has 0 atom stereocenters. The number of alkyl halides is 2. The second kappa shape index (κ2) is 4.50. The summed E-state index contributed by atoms with van der Waals surface area (Å²) < 4.78 is 29.6. The van der Waals surface area contributed by atoms with Crippen LogP contribution in [-0.4, -0.2) is 19.3 Å². The molecule has 0 N–H and O–H groups in total. The number of carbonyl (C=O) groups excluding carboxylic acids is 1. The predicted molar refractivity (Wildman–Crippen MR) is 51.0 cm³/mol. The van der Waals surface area contributed by atoms with Gasteiger partial charge in [0, 0.05) is 5.56 Å². The van der Waals surface area contributed by atoms with E-state index in [9.17, 15) is 13.6 Å². The van der Waals surface area contributed by atoms with Crippen LogP contribution in [0.2, 0.25) is 0 Å². The molecule has 1 aromatic carbocycles. The summed E-state index contributed by atoms with van der Waals surface area (Å²) in [4.78, 5) is 10.9. The number of rotatable bonds is 3. The molecule has 0 heterocycles. The molecule has 0 radical (unpaired) electrons. The molecule has 1 aromatic rings. The average molecular weight is 265 g/mol. The van der Waals surface area contributed by atoms with Crippen molar-refractivity contribution in [2.24, 2.45) is 0 Å². The lowest BCUT2D eigenvalue weighted by molar-refractivity contribution is 0.0678. The lowest BCUT2D eigenvalue weighted by Crippen LogP contribution is -2.10. The van der Waals surface area contributed by atoms with Gasteiger partial charge in [-0.05, 0) is 34.1 Å². The molecule has 0 spiro atoms. The third-order valence-corrected chi connectivity index (χ3v) is 2.29. The van der Waals surface area contributed by atoms with Crippen LogP contribution in [0.25, 0.3) is 0 Å². The highest BCUT2D eigenvalue weighted by molar-refractivity contribution is 9.10. The lowest BCUT2D eigenvalue weighted by atomic mass is 10.1. The molecule has 0 aliphatic carbocycles.